The Morgan fingerprint density at radius 3 is 2.89 bits per heavy atom. The van der Waals surface area contributed by atoms with E-state index >= 15 is 0 Å². The van der Waals surface area contributed by atoms with Crippen LogP contribution in [-0.2, 0) is 4.74 Å². The first-order chi connectivity index (χ1) is 13.6. The summed E-state index contributed by atoms with van der Waals surface area (Å²) in [5.74, 6) is -0.280. The van der Waals surface area contributed by atoms with Gasteiger partial charge in [0.25, 0.3) is 0 Å². The molecule has 1 aliphatic rings. The molecule has 1 aromatic rings. The number of allylic oxidation sites excluding steroid dienone is 2. The van der Waals surface area contributed by atoms with Gasteiger partial charge in [-0.15, -0.1) is 11.3 Å². The molecule has 2 rings (SSSR count). The van der Waals surface area contributed by atoms with Crippen LogP contribution < -0.4 is 5.32 Å². The maximum Gasteiger partial charge on any atom is 0.350 e. The van der Waals surface area contributed by atoms with Crippen LogP contribution in [-0.4, -0.2) is 50.8 Å². The van der Waals surface area contributed by atoms with Crippen molar-refractivity contribution in [3.8, 4) is 0 Å². The predicted molar refractivity (Wildman–Crippen MR) is 120 cm³/mol. The van der Waals surface area contributed by atoms with Gasteiger partial charge in [-0.05, 0) is 50.2 Å². The number of aliphatic imine (C=N–C) groups is 1. The Hall–Kier alpha value is -2.15. The fourth-order valence-corrected chi connectivity index (χ4v) is 4.51. The van der Waals surface area contributed by atoms with E-state index in [1.165, 1.54) is 41.7 Å². The highest BCUT2D eigenvalue weighted by Gasteiger charge is 2.21. The van der Waals surface area contributed by atoms with Gasteiger partial charge in [-0.1, -0.05) is 19.4 Å². The molecule has 0 saturated heterocycles. The summed E-state index contributed by atoms with van der Waals surface area (Å²) < 4.78 is 5.03. The minimum atomic E-state index is -0.280. The number of anilines is 1. The minimum absolute atomic E-state index is 0.227. The highest BCUT2D eigenvalue weighted by Crippen LogP contribution is 2.37. The molecule has 0 spiro atoms. The molecule has 0 radical (unpaired) electrons. The quantitative estimate of drug-likeness (QED) is 0.243. The second-order valence-electron chi connectivity index (χ2n) is 6.92. The fourth-order valence-electron chi connectivity index (χ4n) is 3.41. The van der Waals surface area contributed by atoms with Crippen LogP contribution in [0.1, 0.15) is 66.4 Å². The highest BCUT2D eigenvalue weighted by atomic mass is 32.1. The van der Waals surface area contributed by atoms with Crippen molar-refractivity contribution in [1.29, 1.82) is 0 Å². The number of nitrogens with one attached hydrogen (secondary N) is 1. The summed E-state index contributed by atoms with van der Waals surface area (Å²) in [6.45, 7) is 6.47. The molecule has 0 amide bonds. The van der Waals surface area contributed by atoms with Crippen molar-refractivity contribution in [2.45, 2.75) is 57.9 Å². The highest BCUT2D eigenvalue weighted by molar-refractivity contribution is 7.15. The summed E-state index contributed by atoms with van der Waals surface area (Å²) in [7, 11) is 3.15. The Kier molecular flexibility index (Phi) is 9.20. The van der Waals surface area contributed by atoms with Crippen molar-refractivity contribution in [2.75, 3.05) is 26.0 Å². The molecule has 0 aliphatic heterocycles. The molecule has 1 aliphatic carbocycles. The molecule has 1 aromatic heterocycles. The van der Waals surface area contributed by atoms with E-state index in [-0.39, 0.29) is 12.0 Å². The van der Waals surface area contributed by atoms with Gasteiger partial charge in [0.2, 0.25) is 0 Å². The van der Waals surface area contributed by atoms with Gasteiger partial charge in [-0.3, -0.25) is 10.0 Å². The summed E-state index contributed by atoms with van der Waals surface area (Å²) in [5, 5.41) is 9.30. The van der Waals surface area contributed by atoms with Crippen LogP contribution >= 0.6 is 11.3 Å². The normalized spacial score (nSPS) is 15.2. The van der Waals surface area contributed by atoms with Crippen LogP contribution in [0.15, 0.2) is 22.2 Å². The second-order valence-corrected chi connectivity index (χ2v) is 7.97. The Balaban J connectivity index is 2.19. The molecule has 0 fully saturated rings. The standard InChI is InChI=1S/C21H32N4O2S/c1-5-9-17(12-13-25(23-3)15-22-2)24-18-14-19(16-10-7-6-8-11-16)28-20(18)21(26)27-4/h10,14-15,17,24H,3,5-9,11-13H2,1-2,4H3. The minimum Gasteiger partial charge on any atom is -0.465 e. The lowest BCUT2D eigenvalue weighted by Crippen LogP contribution is -2.26. The van der Waals surface area contributed by atoms with E-state index < -0.39 is 0 Å². The Labute approximate surface area is 172 Å². The number of esters is 1. The summed E-state index contributed by atoms with van der Waals surface area (Å²) in [4.78, 5) is 18.2. The van der Waals surface area contributed by atoms with Crippen molar-refractivity contribution < 1.29 is 9.53 Å². The van der Waals surface area contributed by atoms with Crippen LogP contribution in [0, 0.1) is 0 Å². The first kappa shape index (κ1) is 22.1. The number of methoxy groups -OCH3 is 1. The SMILES string of the molecule is C=NN(C=NC)CCC(CCC)Nc1cc(C2=CCCCC2)sc1C(=O)OC. The average Bonchev–Trinajstić information content (AvgIpc) is 3.15. The van der Waals surface area contributed by atoms with Crippen LogP contribution in [0.5, 0.6) is 0 Å². The number of hydrogen-bond acceptors (Lipinski definition) is 6. The number of carbonyl (C=O) groups excluding carboxylic acids is 1. The molecule has 7 heteroatoms. The zero-order chi connectivity index (χ0) is 20.4. The molecule has 1 atom stereocenters. The van der Waals surface area contributed by atoms with E-state index in [2.05, 4.69) is 41.2 Å². The zero-order valence-electron chi connectivity index (χ0n) is 17.2. The third-order valence-electron chi connectivity index (χ3n) is 4.84. The second kappa shape index (κ2) is 11.6. The lowest BCUT2D eigenvalue weighted by molar-refractivity contribution is 0.0607. The van der Waals surface area contributed by atoms with Crippen LogP contribution in [0.3, 0.4) is 0 Å². The Morgan fingerprint density at radius 1 is 1.46 bits per heavy atom. The maximum absolute atomic E-state index is 12.3. The van der Waals surface area contributed by atoms with Crippen molar-refractivity contribution in [3.05, 3.63) is 21.9 Å². The van der Waals surface area contributed by atoms with Gasteiger partial charge in [0.15, 0.2) is 0 Å². The summed E-state index contributed by atoms with van der Waals surface area (Å²) >= 11 is 1.53. The lowest BCUT2D eigenvalue weighted by atomic mass is 9.98. The fraction of sp³-hybridized carbons (Fsp3) is 0.571. The number of thiophene rings is 1. The van der Waals surface area contributed by atoms with Crippen molar-refractivity contribution in [2.24, 2.45) is 10.1 Å². The number of hydrogen-bond donors (Lipinski definition) is 1. The average molecular weight is 405 g/mol. The molecule has 1 unspecified atom stereocenters. The van der Waals surface area contributed by atoms with Crippen LogP contribution in [0.2, 0.25) is 0 Å². The van der Waals surface area contributed by atoms with Gasteiger partial charge in [-0.25, -0.2) is 4.79 Å². The van der Waals surface area contributed by atoms with Gasteiger partial charge in [-0.2, -0.15) is 5.10 Å². The largest absolute Gasteiger partial charge is 0.465 e. The molecule has 1 N–H and O–H groups in total. The molecular weight excluding hydrogens is 372 g/mol. The smallest absolute Gasteiger partial charge is 0.350 e. The van der Waals surface area contributed by atoms with Gasteiger partial charge in [0.1, 0.15) is 11.2 Å². The predicted octanol–water partition coefficient (Wildman–Crippen LogP) is 5.04. The molecule has 0 saturated carbocycles. The monoisotopic (exact) mass is 404 g/mol. The van der Waals surface area contributed by atoms with E-state index in [9.17, 15) is 4.79 Å². The number of nitrogens with zero attached hydrogens (tertiary/aromatic N) is 3. The number of ether oxygens (including phenoxy) is 1. The summed E-state index contributed by atoms with van der Waals surface area (Å²) in [5.41, 5.74) is 2.22. The number of carbonyl (C=O) groups is 1. The number of hydrazone groups is 1. The maximum atomic E-state index is 12.3. The third-order valence-corrected chi connectivity index (χ3v) is 6.03. The molecule has 1 heterocycles. The van der Waals surface area contributed by atoms with E-state index in [0.29, 0.717) is 11.4 Å². The van der Waals surface area contributed by atoms with E-state index in [1.807, 2.05) is 0 Å². The van der Waals surface area contributed by atoms with E-state index in [1.54, 1.807) is 18.4 Å². The van der Waals surface area contributed by atoms with Crippen LogP contribution in [0.4, 0.5) is 5.69 Å². The van der Waals surface area contributed by atoms with Gasteiger partial charge in [0, 0.05) is 31.2 Å². The Bertz CT molecular complexity index is 711. The van der Waals surface area contributed by atoms with Gasteiger partial charge < -0.3 is 10.1 Å². The Morgan fingerprint density at radius 2 is 2.29 bits per heavy atom. The van der Waals surface area contributed by atoms with E-state index in [4.69, 9.17) is 4.74 Å². The van der Waals surface area contributed by atoms with E-state index in [0.717, 1.165) is 37.8 Å². The van der Waals surface area contributed by atoms with Gasteiger partial charge in [0.05, 0.1) is 12.8 Å². The summed E-state index contributed by atoms with van der Waals surface area (Å²) in [6, 6.07) is 2.35. The first-order valence-electron chi connectivity index (χ1n) is 9.96. The van der Waals surface area contributed by atoms with Crippen molar-refractivity contribution in [3.63, 3.8) is 0 Å². The first-order valence-corrected chi connectivity index (χ1v) is 10.8. The lowest BCUT2D eigenvalue weighted by Gasteiger charge is -2.21. The molecule has 28 heavy (non-hydrogen) atoms. The molecule has 154 valence electrons. The van der Waals surface area contributed by atoms with Gasteiger partial charge >= 0.3 is 5.97 Å². The van der Waals surface area contributed by atoms with Crippen molar-refractivity contribution >= 4 is 41.6 Å². The van der Waals surface area contributed by atoms with Crippen molar-refractivity contribution in [1.82, 2.24) is 5.01 Å². The third kappa shape index (κ3) is 6.19. The zero-order valence-corrected chi connectivity index (χ0v) is 18.1. The van der Waals surface area contributed by atoms with Crippen LogP contribution in [0.25, 0.3) is 5.57 Å². The molecule has 0 aromatic carbocycles. The molecule has 0 bridgehead atoms. The topological polar surface area (TPSA) is 66.3 Å². The number of rotatable bonds is 11. The molecule has 6 nitrogen and oxygen atoms in total. The molecular formula is C21H32N4O2S. The summed E-state index contributed by atoms with van der Waals surface area (Å²) in [6.07, 6.45) is 11.6.